The molecule has 0 spiro atoms. The predicted molar refractivity (Wildman–Crippen MR) is 145 cm³/mol. The van der Waals surface area contributed by atoms with E-state index in [2.05, 4.69) is 5.32 Å². The number of hydrogen-bond acceptors (Lipinski definition) is 9. The number of carbonyl (C=O) groups excluding carboxylic acids is 1. The summed E-state index contributed by atoms with van der Waals surface area (Å²) in [5.41, 5.74) is 0.840. The molecule has 12 heteroatoms. The van der Waals surface area contributed by atoms with Crippen LogP contribution in [0.15, 0.2) is 59.5 Å². The Labute approximate surface area is 235 Å². The lowest BCUT2D eigenvalue weighted by molar-refractivity contribution is -0.142. The third kappa shape index (κ3) is 7.50. The molecule has 2 aliphatic rings. The molecule has 2 saturated heterocycles. The smallest absolute Gasteiger partial charge is 0.407 e. The summed E-state index contributed by atoms with van der Waals surface area (Å²) in [6.07, 6.45) is -1.87. The molecular formula is C28H38N2O9S. The van der Waals surface area contributed by atoms with Crippen molar-refractivity contribution in [3.05, 3.63) is 60.2 Å². The number of fused-ring (bicyclic) bond motifs is 1. The van der Waals surface area contributed by atoms with Crippen LogP contribution in [-0.4, -0.2) is 81.6 Å². The molecule has 1 amide bonds. The van der Waals surface area contributed by atoms with E-state index >= 15 is 0 Å². The molecule has 6 atom stereocenters. The van der Waals surface area contributed by atoms with Crippen LogP contribution in [0, 0.1) is 5.92 Å². The van der Waals surface area contributed by atoms with Gasteiger partial charge in [-0.15, -0.1) is 0 Å². The number of nitrogens with one attached hydrogen (secondary N) is 1. The van der Waals surface area contributed by atoms with Gasteiger partial charge in [-0.3, -0.25) is 4.84 Å². The van der Waals surface area contributed by atoms with Crippen LogP contribution in [0.1, 0.15) is 32.3 Å². The Hall–Kier alpha value is -2.74. The van der Waals surface area contributed by atoms with Crippen molar-refractivity contribution < 1.29 is 42.1 Å². The zero-order valence-corrected chi connectivity index (χ0v) is 23.8. The van der Waals surface area contributed by atoms with Crippen molar-refractivity contribution in [2.24, 2.45) is 5.92 Å². The van der Waals surface area contributed by atoms with E-state index in [9.17, 15) is 18.3 Å². The number of methoxy groups -OCH3 is 1. The molecular weight excluding hydrogens is 540 g/mol. The van der Waals surface area contributed by atoms with E-state index in [1.165, 1.54) is 31.4 Å². The summed E-state index contributed by atoms with van der Waals surface area (Å²) in [6.45, 7) is 3.94. The van der Waals surface area contributed by atoms with E-state index in [-0.39, 0.29) is 30.1 Å². The van der Waals surface area contributed by atoms with Gasteiger partial charge in [-0.1, -0.05) is 41.7 Å². The number of amides is 1. The Balaban J connectivity index is 1.52. The number of nitrogens with zero attached hydrogens (tertiary/aromatic N) is 1. The maximum Gasteiger partial charge on any atom is 0.407 e. The van der Waals surface area contributed by atoms with Crippen LogP contribution in [0.2, 0.25) is 0 Å². The molecule has 0 saturated carbocycles. The lowest BCUT2D eigenvalue weighted by Crippen LogP contribution is -2.51. The first kappa shape index (κ1) is 30.2. The van der Waals surface area contributed by atoms with Crippen molar-refractivity contribution in [3.63, 3.8) is 0 Å². The molecule has 2 fully saturated rings. The fourth-order valence-corrected chi connectivity index (χ4v) is 5.96. The highest BCUT2D eigenvalue weighted by atomic mass is 32.2. The van der Waals surface area contributed by atoms with Crippen molar-refractivity contribution in [2.45, 2.75) is 68.6 Å². The Morgan fingerprint density at radius 2 is 1.88 bits per heavy atom. The summed E-state index contributed by atoms with van der Waals surface area (Å²) in [7, 11) is -2.68. The number of hydroxylamine groups is 1. The summed E-state index contributed by atoms with van der Waals surface area (Å²) in [5.74, 6) is 0.458. The highest BCUT2D eigenvalue weighted by Crippen LogP contribution is 2.33. The molecule has 2 N–H and O–H groups in total. The predicted octanol–water partition coefficient (Wildman–Crippen LogP) is 2.88. The minimum Gasteiger partial charge on any atom is -0.497 e. The van der Waals surface area contributed by atoms with Gasteiger partial charge in [-0.2, -0.15) is 0 Å². The second kappa shape index (κ2) is 13.7. The van der Waals surface area contributed by atoms with Crippen LogP contribution in [0.25, 0.3) is 0 Å². The maximum absolute atomic E-state index is 13.6. The molecule has 2 aromatic rings. The van der Waals surface area contributed by atoms with E-state index in [0.29, 0.717) is 18.8 Å². The van der Waals surface area contributed by atoms with Crippen molar-refractivity contribution in [1.29, 1.82) is 0 Å². The number of benzene rings is 2. The van der Waals surface area contributed by atoms with Gasteiger partial charge in [0.05, 0.1) is 55.9 Å². The number of rotatable bonds is 13. The Kier molecular flexibility index (Phi) is 10.4. The van der Waals surface area contributed by atoms with Crippen molar-refractivity contribution in [2.75, 3.05) is 26.9 Å². The molecule has 2 aliphatic heterocycles. The highest BCUT2D eigenvalue weighted by molar-refractivity contribution is 7.89. The third-order valence-electron chi connectivity index (χ3n) is 7.14. The van der Waals surface area contributed by atoms with Crippen LogP contribution in [-0.2, 0) is 35.5 Å². The van der Waals surface area contributed by atoms with Gasteiger partial charge in [0.2, 0.25) is 0 Å². The zero-order chi connectivity index (χ0) is 28.7. The lowest BCUT2D eigenvalue weighted by Gasteiger charge is -2.30. The van der Waals surface area contributed by atoms with E-state index in [0.717, 1.165) is 16.5 Å². The Morgan fingerprint density at radius 3 is 2.55 bits per heavy atom. The summed E-state index contributed by atoms with van der Waals surface area (Å²) in [6, 6.07) is 14.3. The number of alkyl carbamates (subject to hydrolysis) is 1. The normalized spacial score (nSPS) is 22.9. The SMILES string of the molecule is CCC(C)ON(CC(O)C(Cc1ccccc1)NC(=O)OC1COC2OCCC12)S(=O)(=O)c1ccc(OC)cc1. The summed E-state index contributed by atoms with van der Waals surface area (Å²) in [5, 5.41) is 14.1. The van der Waals surface area contributed by atoms with E-state index in [4.69, 9.17) is 23.8 Å². The van der Waals surface area contributed by atoms with E-state index in [1.54, 1.807) is 6.92 Å². The van der Waals surface area contributed by atoms with Gasteiger partial charge in [-0.25, -0.2) is 13.2 Å². The van der Waals surface area contributed by atoms with Crippen molar-refractivity contribution >= 4 is 16.1 Å². The average molecular weight is 579 g/mol. The van der Waals surface area contributed by atoms with Gasteiger partial charge >= 0.3 is 6.09 Å². The molecule has 220 valence electrons. The minimum absolute atomic E-state index is 0.0228. The monoisotopic (exact) mass is 578 g/mol. The first-order chi connectivity index (χ1) is 19.2. The van der Waals surface area contributed by atoms with Gasteiger partial charge < -0.3 is 29.4 Å². The van der Waals surface area contributed by atoms with Gasteiger partial charge in [0.1, 0.15) is 11.9 Å². The molecule has 0 bridgehead atoms. The lowest BCUT2D eigenvalue weighted by atomic mass is 10.0. The topological polar surface area (TPSA) is 133 Å². The third-order valence-corrected chi connectivity index (χ3v) is 8.78. The minimum atomic E-state index is -4.17. The summed E-state index contributed by atoms with van der Waals surface area (Å²) < 4.78 is 49.8. The van der Waals surface area contributed by atoms with Crippen molar-refractivity contribution in [1.82, 2.24) is 9.79 Å². The van der Waals surface area contributed by atoms with Crippen LogP contribution in [0.4, 0.5) is 4.79 Å². The fourth-order valence-electron chi connectivity index (χ4n) is 4.64. The molecule has 0 aromatic heterocycles. The van der Waals surface area contributed by atoms with Crippen LogP contribution in [0.5, 0.6) is 5.75 Å². The number of ether oxygens (including phenoxy) is 4. The van der Waals surface area contributed by atoms with Gasteiger partial charge in [0, 0.05) is 0 Å². The number of carbonyl (C=O) groups is 1. The molecule has 6 unspecified atom stereocenters. The molecule has 4 rings (SSSR count). The van der Waals surface area contributed by atoms with Crippen LogP contribution < -0.4 is 10.1 Å². The number of aliphatic hydroxyl groups is 1. The van der Waals surface area contributed by atoms with Gasteiger partial charge in [0.15, 0.2) is 6.29 Å². The Bertz CT molecular complexity index is 1200. The molecule has 40 heavy (non-hydrogen) atoms. The quantitative estimate of drug-likeness (QED) is 0.344. The van der Waals surface area contributed by atoms with Crippen molar-refractivity contribution in [3.8, 4) is 5.75 Å². The number of sulfonamides is 1. The standard InChI is InChI=1S/C28H38N2O9S/c1-4-19(2)39-30(40(33,34)22-12-10-21(35-3)11-13-22)17-25(31)24(16-20-8-6-5-7-9-20)29-28(32)38-26-18-37-27-23(26)14-15-36-27/h5-13,19,23-27,31H,4,14-18H2,1-3H3,(H,29,32). The Morgan fingerprint density at radius 1 is 1.15 bits per heavy atom. The van der Waals surface area contributed by atoms with Gasteiger partial charge in [0.25, 0.3) is 10.0 Å². The molecule has 11 nitrogen and oxygen atoms in total. The second-order valence-corrected chi connectivity index (χ2v) is 11.8. The van der Waals surface area contributed by atoms with E-state index < -0.39 is 47.0 Å². The summed E-state index contributed by atoms with van der Waals surface area (Å²) in [4.78, 5) is 18.7. The van der Waals surface area contributed by atoms with Crippen LogP contribution in [0.3, 0.4) is 0 Å². The molecule has 0 radical (unpaired) electrons. The fraction of sp³-hybridized carbons (Fsp3) is 0.536. The van der Waals surface area contributed by atoms with Gasteiger partial charge in [-0.05, 0) is 56.0 Å². The first-order valence-corrected chi connectivity index (χ1v) is 14.9. The van der Waals surface area contributed by atoms with E-state index in [1.807, 2.05) is 37.3 Å². The zero-order valence-electron chi connectivity index (χ0n) is 23.0. The first-order valence-electron chi connectivity index (χ1n) is 13.5. The van der Waals surface area contributed by atoms with Crippen LogP contribution >= 0.6 is 0 Å². The molecule has 2 aromatic carbocycles. The highest BCUT2D eigenvalue weighted by Gasteiger charge is 2.44. The summed E-state index contributed by atoms with van der Waals surface area (Å²) >= 11 is 0. The molecule has 2 heterocycles. The number of aliphatic hydroxyl groups excluding tert-OH is 1. The molecule has 0 aliphatic carbocycles. The second-order valence-electron chi connectivity index (χ2n) is 9.97. The maximum atomic E-state index is 13.6. The largest absolute Gasteiger partial charge is 0.497 e. The average Bonchev–Trinajstić information content (AvgIpc) is 3.58. The number of hydrogen-bond donors (Lipinski definition) is 2.